The van der Waals surface area contributed by atoms with E-state index in [0.29, 0.717) is 30.2 Å². The van der Waals surface area contributed by atoms with Gasteiger partial charge in [-0.3, -0.25) is 24.3 Å². The molecule has 2 aliphatic heterocycles. The second-order valence-electron chi connectivity index (χ2n) is 13.6. The van der Waals surface area contributed by atoms with E-state index in [4.69, 9.17) is 14.2 Å². The van der Waals surface area contributed by atoms with Crippen LogP contribution in [0.5, 0.6) is 17.4 Å². The topological polar surface area (TPSA) is 136 Å². The van der Waals surface area contributed by atoms with E-state index in [1.807, 2.05) is 54.9 Å². The fraction of sp³-hybridized carbons (Fsp3) is 0.186. The third-order valence-corrected chi connectivity index (χ3v) is 10.0. The molecule has 2 N–H and O–H groups in total. The number of carbonyl (C=O) groups excluding carboxylic acids is 3. The van der Waals surface area contributed by atoms with E-state index in [0.717, 1.165) is 62.0 Å². The maximum absolute atomic E-state index is 13.1. The summed E-state index contributed by atoms with van der Waals surface area (Å²) in [4.78, 5) is 51.8. The highest BCUT2D eigenvalue weighted by Gasteiger charge is 2.44. The van der Waals surface area contributed by atoms with Crippen LogP contribution in [0, 0.1) is 11.8 Å². The molecule has 3 amide bonds. The summed E-state index contributed by atoms with van der Waals surface area (Å²) in [5, 5.41) is 4.89. The third kappa shape index (κ3) is 6.28. The average Bonchev–Trinajstić information content (AvgIpc) is 3.66. The molecule has 3 aliphatic rings. The fourth-order valence-electron chi connectivity index (χ4n) is 7.11. The molecule has 2 fully saturated rings. The van der Waals surface area contributed by atoms with Crippen LogP contribution in [0.25, 0.3) is 32.9 Å². The molecule has 54 heavy (non-hydrogen) atoms. The molecule has 3 aromatic heterocycles. The fourth-order valence-corrected chi connectivity index (χ4v) is 7.11. The van der Waals surface area contributed by atoms with E-state index in [2.05, 4.69) is 56.9 Å². The number of allylic oxidation sites excluding steroid dienone is 1. The SMILES string of the molecule is C=C1CCC(N2C(=O)c3ccc(OCC#Cc4ccc(OC5CC(Oc6ccc(-c7ccc8c(c7)[nH]c7ccncc78)cn6)C5)cc4)cc3C2=O)C(=O)N1. The molecule has 5 heterocycles. The highest BCUT2D eigenvalue weighted by atomic mass is 16.5. The predicted molar refractivity (Wildman–Crippen MR) is 201 cm³/mol. The third-order valence-electron chi connectivity index (χ3n) is 10.0. The van der Waals surface area contributed by atoms with Crippen molar-refractivity contribution in [3.05, 3.63) is 126 Å². The number of hydrogen-bond donors (Lipinski definition) is 2. The van der Waals surface area contributed by atoms with Crippen molar-refractivity contribution >= 4 is 39.5 Å². The molecule has 1 saturated heterocycles. The molecule has 266 valence electrons. The van der Waals surface area contributed by atoms with E-state index < -0.39 is 23.8 Å². The standard InChI is InChI=1S/C43H33N5O6/c1-25-4-14-39(41(49)46-25)48-42(50)34-13-11-30(22-35(34)43(48)51)52-18-2-3-26-5-9-29(10-6-26)53-31-20-32(21-31)54-40-15-8-28(23-45-40)27-7-12-33-36-24-44-17-16-37(36)47-38(33)19-27/h5-13,15-17,19,22-24,31-32,39,47H,1,4,14,18,20-21H2,(H,46,49). The van der Waals surface area contributed by atoms with Gasteiger partial charge in [-0.1, -0.05) is 30.6 Å². The number of rotatable bonds is 8. The number of amides is 3. The Morgan fingerprint density at radius 2 is 1.59 bits per heavy atom. The predicted octanol–water partition coefficient (Wildman–Crippen LogP) is 6.59. The number of fused-ring (bicyclic) bond motifs is 4. The lowest BCUT2D eigenvalue weighted by Gasteiger charge is -2.35. The van der Waals surface area contributed by atoms with Gasteiger partial charge in [-0.25, -0.2) is 4.98 Å². The largest absolute Gasteiger partial charge is 0.490 e. The molecule has 1 atom stereocenters. The van der Waals surface area contributed by atoms with Crippen molar-refractivity contribution in [2.75, 3.05) is 6.61 Å². The lowest BCUT2D eigenvalue weighted by atomic mass is 9.92. The molecule has 0 bridgehead atoms. The van der Waals surface area contributed by atoms with Crippen LogP contribution in [0.4, 0.5) is 0 Å². The Morgan fingerprint density at radius 3 is 2.41 bits per heavy atom. The molecule has 1 aliphatic carbocycles. The lowest BCUT2D eigenvalue weighted by Crippen LogP contribution is -2.51. The first-order valence-corrected chi connectivity index (χ1v) is 17.7. The lowest BCUT2D eigenvalue weighted by molar-refractivity contribution is -0.125. The highest BCUT2D eigenvalue weighted by molar-refractivity contribution is 6.23. The van der Waals surface area contributed by atoms with Crippen molar-refractivity contribution in [2.45, 2.75) is 43.9 Å². The molecule has 0 spiro atoms. The molecule has 1 saturated carbocycles. The zero-order valence-electron chi connectivity index (χ0n) is 29.0. The van der Waals surface area contributed by atoms with Gasteiger partial charge in [0.05, 0.1) is 11.1 Å². The van der Waals surface area contributed by atoms with Crippen LogP contribution in [0.2, 0.25) is 0 Å². The minimum Gasteiger partial charge on any atom is -0.490 e. The number of nitrogens with one attached hydrogen (secondary N) is 2. The Kier molecular flexibility index (Phi) is 8.27. The van der Waals surface area contributed by atoms with Crippen molar-refractivity contribution in [1.82, 2.24) is 25.2 Å². The van der Waals surface area contributed by atoms with Gasteiger partial charge in [-0.2, -0.15) is 0 Å². The normalized spacial score (nSPS) is 19.2. The van der Waals surface area contributed by atoms with Gasteiger partial charge in [0.2, 0.25) is 11.8 Å². The Hall–Kier alpha value is -6.93. The first-order chi connectivity index (χ1) is 26.4. The minimum absolute atomic E-state index is 0.0391. The summed E-state index contributed by atoms with van der Waals surface area (Å²) in [6, 6.07) is 23.7. The molecule has 11 heteroatoms. The number of H-pyrrole nitrogens is 1. The number of aromatic amines is 1. The molecule has 11 nitrogen and oxygen atoms in total. The number of imide groups is 1. The molecule has 1 unspecified atom stereocenters. The number of carbonyl (C=O) groups is 3. The second kappa shape index (κ2) is 13.6. The van der Waals surface area contributed by atoms with Crippen LogP contribution >= 0.6 is 0 Å². The van der Waals surface area contributed by atoms with Crippen LogP contribution in [-0.2, 0) is 4.79 Å². The molecule has 9 rings (SSSR count). The van der Waals surface area contributed by atoms with E-state index in [9.17, 15) is 14.4 Å². The monoisotopic (exact) mass is 715 g/mol. The van der Waals surface area contributed by atoms with Gasteiger partial charge in [0, 0.05) is 76.1 Å². The van der Waals surface area contributed by atoms with Gasteiger partial charge >= 0.3 is 0 Å². The second-order valence-corrected chi connectivity index (χ2v) is 13.6. The average molecular weight is 716 g/mol. The summed E-state index contributed by atoms with van der Waals surface area (Å²) in [5.74, 6) is 6.41. The zero-order valence-corrected chi connectivity index (χ0v) is 29.0. The Bertz CT molecular complexity index is 2540. The number of aromatic nitrogens is 3. The van der Waals surface area contributed by atoms with Gasteiger partial charge in [0.25, 0.3) is 11.8 Å². The van der Waals surface area contributed by atoms with Gasteiger partial charge in [0.1, 0.15) is 36.4 Å². The van der Waals surface area contributed by atoms with Gasteiger partial charge < -0.3 is 24.5 Å². The van der Waals surface area contributed by atoms with Crippen molar-refractivity contribution in [1.29, 1.82) is 0 Å². The van der Waals surface area contributed by atoms with Crippen molar-refractivity contribution in [2.24, 2.45) is 0 Å². The van der Waals surface area contributed by atoms with Crippen molar-refractivity contribution in [3.8, 4) is 40.3 Å². The van der Waals surface area contributed by atoms with E-state index in [1.165, 1.54) is 6.07 Å². The van der Waals surface area contributed by atoms with Gasteiger partial charge in [-0.15, -0.1) is 0 Å². The summed E-state index contributed by atoms with van der Waals surface area (Å²) in [5.41, 5.74) is 6.05. The summed E-state index contributed by atoms with van der Waals surface area (Å²) in [7, 11) is 0. The van der Waals surface area contributed by atoms with E-state index in [1.54, 1.807) is 18.3 Å². The van der Waals surface area contributed by atoms with Crippen LogP contribution in [0.1, 0.15) is 52.0 Å². The number of nitrogens with zero attached hydrogens (tertiary/aromatic N) is 3. The maximum Gasteiger partial charge on any atom is 0.262 e. The Morgan fingerprint density at radius 1 is 0.796 bits per heavy atom. The smallest absolute Gasteiger partial charge is 0.262 e. The first-order valence-electron chi connectivity index (χ1n) is 17.7. The van der Waals surface area contributed by atoms with Gasteiger partial charge in [0.15, 0.2) is 0 Å². The van der Waals surface area contributed by atoms with Gasteiger partial charge in [-0.05, 0) is 79.1 Å². The van der Waals surface area contributed by atoms with Crippen molar-refractivity contribution < 1.29 is 28.6 Å². The minimum atomic E-state index is -0.861. The summed E-state index contributed by atoms with van der Waals surface area (Å²) in [6.45, 7) is 3.84. The number of ether oxygens (including phenoxy) is 3. The molecular weight excluding hydrogens is 683 g/mol. The van der Waals surface area contributed by atoms with E-state index in [-0.39, 0.29) is 29.9 Å². The summed E-state index contributed by atoms with van der Waals surface area (Å²) < 4.78 is 18.0. The highest BCUT2D eigenvalue weighted by Crippen LogP contribution is 2.33. The molecule has 0 radical (unpaired) electrons. The van der Waals surface area contributed by atoms with Crippen LogP contribution in [-0.4, -0.2) is 62.4 Å². The summed E-state index contributed by atoms with van der Waals surface area (Å²) in [6.07, 6.45) is 7.99. The van der Waals surface area contributed by atoms with Crippen LogP contribution in [0.15, 0.2) is 110 Å². The quantitative estimate of drug-likeness (QED) is 0.133. The number of pyridine rings is 2. The van der Waals surface area contributed by atoms with E-state index >= 15 is 0 Å². The Balaban J connectivity index is 0.733. The van der Waals surface area contributed by atoms with Crippen LogP contribution < -0.4 is 19.5 Å². The van der Waals surface area contributed by atoms with Crippen LogP contribution in [0.3, 0.4) is 0 Å². The first kappa shape index (κ1) is 32.9. The molecular formula is C43H33N5O6. The maximum atomic E-state index is 13.1. The number of benzene rings is 3. The molecule has 3 aromatic carbocycles. The summed E-state index contributed by atoms with van der Waals surface area (Å²) >= 11 is 0. The van der Waals surface area contributed by atoms with Crippen molar-refractivity contribution in [3.63, 3.8) is 0 Å². The number of hydrogen-bond acceptors (Lipinski definition) is 8. The zero-order chi connectivity index (χ0) is 36.8. The molecule has 6 aromatic rings. The number of piperidine rings is 1. The Labute approximate surface area is 310 Å².